The molecule has 5 nitrogen and oxygen atoms in total. The highest BCUT2D eigenvalue weighted by Gasteiger charge is 2.18. The molecule has 1 aromatic carbocycles. The van der Waals surface area contributed by atoms with Crippen LogP contribution in [-0.2, 0) is 0 Å². The van der Waals surface area contributed by atoms with E-state index < -0.39 is 0 Å². The van der Waals surface area contributed by atoms with Crippen LogP contribution in [0.25, 0.3) is 44.9 Å². The third-order valence-electron chi connectivity index (χ3n) is 5.01. The first kappa shape index (κ1) is 15.1. The van der Waals surface area contributed by atoms with Crippen LogP contribution >= 0.6 is 0 Å². The summed E-state index contributed by atoms with van der Waals surface area (Å²) in [5.74, 6) is 0.847. The molecule has 132 valence electrons. The molecule has 28 heavy (non-hydrogen) atoms. The van der Waals surface area contributed by atoms with Crippen LogP contribution in [0.4, 0.5) is 0 Å². The van der Waals surface area contributed by atoms with Crippen molar-refractivity contribution in [2.45, 2.75) is 0 Å². The van der Waals surface area contributed by atoms with Crippen molar-refractivity contribution in [2.75, 3.05) is 0 Å². The fourth-order valence-corrected chi connectivity index (χ4v) is 3.80. The summed E-state index contributed by atoms with van der Waals surface area (Å²) in [5.41, 5.74) is 5.71. The normalized spacial score (nSPS) is 11.6. The number of pyridine rings is 3. The van der Waals surface area contributed by atoms with Crippen LogP contribution in [-0.4, -0.2) is 23.9 Å². The molecular formula is C23H15N5. The summed E-state index contributed by atoms with van der Waals surface area (Å²) < 4.78 is 4.29. The predicted octanol–water partition coefficient (Wildman–Crippen LogP) is 4.89. The predicted molar refractivity (Wildman–Crippen MR) is 111 cm³/mol. The van der Waals surface area contributed by atoms with Gasteiger partial charge in [-0.25, -0.2) is 9.97 Å². The van der Waals surface area contributed by atoms with Crippen molar-refractivity contribution in [3.63, 3.8) is 0 Å². The maximum Gasteiger partial charge on any atom is 0.151 e. The lowest BCUT2D eigenvalue weighted by Crippen LogP contribution is -2.01. The number of hydrogen-bond acceptors (Lipinski definition) is 3. The molecule has 0 saturated heterocycles. The fourth-order valence-electron chi connectivity index (χ4n) is 3.80. The largest absolute Gasteiger partial charge is 0.285 e. The molecule has 6 rings (SSSR count). The highest BCUT2D eigenvalue weighted by Crippen LogP contribution is 2.32. The van der Waals surface area contributed by atoms with E-state index in [0.29, 0.717) is 0 Å². The van der Waals surface area contributed by atoms with Crippen LogP contribution in [0.1, 0.15) is 0 Å². The monoisotopic (exact) mass is 361 g/mol. The Morgan fingerprint density at radius 1 is 0.679 bits per heavy atom. The van der Waals surface area contributed by atoms with Crippen molar-refractivity contribution in [3.05, 3.63) is 91.3 Å². The number of fused-ring (bicyclic) bond motifs is 5. The molecule has 0 aliphatic carbocycles. The summed E-state index contributed by atoms with van der Waals surface area (Å²) >= 11 is 0. The van der Waals surface area contributed by atoms with Crippen LogP contribution in [0.3, 0.4) is 0 Å². The molecular weight excluding hydrogens is 346 g/mol. The minimum atomic E-state index is 0.845. The Balaban J connectivity index is 1.72. The molecule has 5 aromatic heterocycles. The van der Waals surface area contributed by atoms with E-state index in [9.17, 15) is 0 Å². The van der Waals surface area contributed by atoms with E-state index in [4.69, 9.17) is 9.97 Å². The van der Waals surface area contributed by atoms with Crippen molar-refractivity contribution < 1.29 is 0 Å². The Hall–Kier alpha value is -3.99. The highest BCUT2D eigenvalue weighted by molar-refractivity contribution is 6.07. The number of imidazole rings is 1. The number of para-hydroxylation sites is 1. The minimum absolute atomic E-state index is 0.845. The van der Waals surface area contributed by atoms with Gasteiger partial charge in [-0.05, 0) is 42.5 Å². The van der Waals surface area contributed by atoms with E-state index >= 15 is 0 Å². The number of aromatic nitrogens is 5. The molecule has 0 fully saturated rings. The van der Waals surface area contributed by atoms with Gasteiger partial charge in [0.15, 0.2) is 5.65 Å². The smallest absolute Gasteiger partial charge is 0.151 e. The molecule has 6 aromatic rings. The maximum atomic E-state index is 4.93. The van der Waals surface area contributed by atoms with Crippen LogP contribution in [0, 0.1) is 0 Å². The third-order valence-corrected chi connectivity index (χ3v) is 5.01. The summed E-state index contributed by atoms with van der Waals surface area (Å²) in [6.07, 6.45) is 3.83. The SMILES string of the molecule is c1ccc(-c2cccc(-n3c4ccccc4c4nc5ccccn5c43)n2)nc1. The molecule has 0 N–H and O–H groups in total. The first-order chi connectivity index (χ1) is 13.9. The molecule has 0 aliphatic rings. The molecule has 0 saturated carbocycles. The molecule has 0 amide bonds. The zero-order valence-corrected chi connectivity index (χ0v) is 14.9. The Labute approximate surface area is 160 Å². The second kappa shape index (κ2) is 5.76. The molecule has 5 heterocycles. The summed E-state index contributed by atoms with van der Waals surface area (Å²) in [4.78, 5) is 14.3. The Kier molecular flexibility index (Phi) is 3.10. The van der Waals surface area contributed by atoms with Crippen LogP contribution in [0.2, 0.25) is 0 Å². The zero-order chi connectivity index (χ0) is 18.5. The number of benzene rings is 1. The van der Waals surface area contributed by atoms with Crippen LogP contribution < -0.4 is 0 Å². The van der Waals surface area contributed by atoms with E-state index in [1.807, 2.05) is 72.9 Å². The van der Waals surface area contributed by atoms with E-state index in [0.717, 1.165) is 44.9 Å². The second-order valence-corrected chi connectivity index (χ2v) is 6.66. The van der Waals surface area contributed by atoms with Gasteiger partial charge in [0.05, 0.1) is 16.9 Å². The first-order valence-electron chi connectivity index (χ1n) is 9.15. The lowest BCUT2D eigenvalue weighted by atomic mass is 10.2. The van der Waals surface area contributed by atoms with Gasteiger partial charge in [-0.15, -0.1) is 0 Å². The van der Waals surface area contributed by atoms with Gasteiger partial charge in [0.25, 0.3) is 0 Å². The molecule has 0 unspecified atom stereocenters. The van der Waals surface area contributed by atoms with Gasteiger partial charge in [0.2, 0.25) is 0 Å². The second-order valence-electron chi connectivity index (χ2n) is 6.66. The molecule has 0 bridgehead atoms. The lowest BCUT2D eigenvalue weighted by molar-refractivity contribution is 1.04. The van der Waals surface area contributed by atoms with Crippen LogP contribution in [0.15, 0.2) is 91.3 Å². The molecule has 0 aliphatic heterocycles. The van der Waals surface area contributed by atoms with Crippen molar-refractivity contribution in [1.82, 2.24) is 23.9 Å². The van der Waals surface area contributed by atoms with Gasteiger partial charge in [-0.2, -0.15) is 0 Å². The topological polar surface area (TPSA) is 48.0 Å². The summed E-state index contributed by atoms with van der Waals surface area (Å²) in [6, 6.07) is 26.3. The van der Waals surface area contributed by atoms with Gasteiger partial charge in [-0.1, -0.05) is 36.4 Å². The summed E-state index contributed by atoms with van der Waals surface area (Å²) in [7, 11) is 0. The van der Waals surface area contributed by atoms with Crippen molar-refractivity contribution >= 4 is 27.7 Å². The molecule has 5 heteroatoms. The van der Waals surface area contributed by atoms with Crippen molar-refractivity contribution in [1.29, 1.82) is 0 Å². The quantitative estimate of drug-likeness (QED) is 0.441. The van der Waals surface area contributed by atoms with Crippen molar-refractivity contribution in [3.8, 4) is 17.2 Å². The van der Waals surface area contributed by atoms with Gasteiger partial charge < -0.3 is 0 Å². The number of nitrogens with zero attached hydrogens (tertiary/aromatic N) is 5. The van der Waals surface area contributed by atoms with Crippen LogP contribution in [0.5, 0.6) is 0 Å². The molecule has 0 spiro atoms. The van der Waals surface area contributed by atoms with E-state index in [2.05, 4.69) is 26.1 Å². The van der Waals surface area contributed by atoms with Gasteiger partial charge in [-0.3, -0.25) is 14.0 Å². The average molecular weight is 361 g/mol. The van der Waals surface area contributed by atoms with E-state index in [1.165, 1.54) is 0 Å². The van der Waals surface area contributed by atoms with Crippen molar-refractivity contribution in [2.24, 2.45) is 0 Å². The lowest BCUT2D eigenvalue weighted by Gasteiger charge is -2.09. The maximum absolute atomic E-state index is 4.93. The molecule has 0 atom stereocenters. The fraction of sp³-hybridized carbons (Fsp3) is 0. The van der Waals surface area contributed by atoms with Gasteiger partial charge >= 0.3 is 0 Å². The number of rotatable bonds is 2. The number of hydrogen-bond donors (Lipinski definition) is 0. The Bertz CT molecular complexity index is 1450. The summed E-state index contributed by atoms with van der Waals surface area (Å²) in [5, 5.41) is 1.12. The van der Waals surface area contributed by atoms with Gasteiger partial charge in [0, 0.05) is 17.8 Å². The zero-order valence-electron chi connectivity index (χ0n) is 14.9. The Morgan fingerprint density at radius 2 is 1.54 bits per heavy atom. The third kappa shape index (κ3) is 2.10. The van der Waals surface area contributed by atoms with Gasteiger partial charge in [0.1, 0.15) is 17.0 Å². The minimum Gasteiger partial charge on any atom is -0.285 e. The summed E-state index contributed by atoms with van der Waals surface area (Å²) in [6.45, 7) is 0. The van der Waals surface area contributed by atoms with E-state index in [-0.39, 0.29) is 0 Å². The Morgan fingerprint density at radius 3 is 2.46 bits per heavy atom. The first-order valence-corrected chi connectivity index (χ1v) is 9.15. The highest BCUT2D eigenvalue weighted by atomic mass is 15.2. The average Bonchev–Trinajstić information content (AvgIpc) is 3.29. The molecule has 0 radical (unpaired) electrons. The standard InChI is InChI=1S/C23H15N5/c1-2-11-19-16(8-1)22-23(27-15-6-4-12-20(27)26-22)28(19)21-13-7-10-18(25-21)17-9-3-5-14-24-17/h1-15H. The van der Waals surface area contributed by atoms with E-state index in [1.54, 1.807) is 6.20 Å².